The van der Waals surface area contributed by atoms with Gasteiger partial charge in [-0.25, -0.2) is 9.67 Å². The fourth-order valence-corrected chi connectivity index (χ4v) is 1.60. The summed E-state index contributed by atoms with van der Waals surface area (Å²) in [4.78, 5) is 26.0. The molecular weight excluding hydrogens is 260 g/mol. The zero-order valence-electron chi connectivity index (χ0n) is 11.2. The van der Waals surface area contributed by atoms with Crippen LogP contribution in [0.4, 0.5) is 5.69 Å². The third-order valence-corrected chi connectivity index (χ3v) is 2.81. The minimum Gasteiger partial charge on any atom is -0.297 e. The highest BCUT2D eigenvalue weighted by Crippen LogP contribution is 2.20. The summed E-state index contributed by atoms with van der Waals surface area (Å²) in [5, 5.41) is 14.9. The first-order valence-electron chi connectivity index (χ1n) is 6.14. The molecule has 0 bridgehead atoms. The predicted molar refractivity (Wildman–Crippen MR) is 72.0 cm³/mol. The van der Waals surface area contributed by atoms with Crippen molar-refractivity contribution >= 4 is 11.5 Å². The zero-order chi connectivity index (χ0) is 14.7. The lowest BCUT2D eigenvalue weighted by atomic mass is 10.1. The molecule has 104 valence electrons. The van der Waals surface area contributed by atoms with Gasteiger partial charge >= 0.3 is 0 Å². The van der Waals surface area contributed by atoms with Crippen LogP contribution in [0.3, 0.4) is 0 Å². The quantitative estimate of drug-likeness (QED) is 0.615. The summed E-state index contributed by atoms with van der Waals surface area (Å²) in [5.74, 6) is 0.353. The van der Waals surface area contributed by atoms with Crippen LogP contribution in [-0.2, 0) is 11.3 Å². The molecule has 0 aliphatic rings. The second kappa shape index (κ2) is 5.60. The molecule has 0 aliphatic heterocycles. The highest BCUT2D eigenvalue weighted by atomic mass is 16.6. The molecule has 0 spiro atoms. The molecule has 2 rings (SSSR count). The molecule has 0 atom stereocenters. The number of ketones is 1. The van der Waals surface area contributed by atoms with E-state index in [0.717, 1.165) is 0 Å². The van der Waals surface area contributed by atoms with Crippen LogP contribution in [0.1, 0.15) is 13.8 Å². The number of benzene rings is 1. The number of nitro groups is 1. The van der Waals surface area contributed by atoms with Gasteiger partial charge in [0, 0.05) is 23.6 Å². The molecule has 0 unspecified atom stereocenters. The number of carbonyl (C=O) groups is 1. The van der Waals surface area contributed by atoms with E-state index in [4.69, 9.17) is 0 Å². The van der Waals surface area contributed by atoms with Gasteiger partial charge in [0.1, 0.15) is 12.9 Å². The molecule has 20 heavy (non-hydrogen) atoms. The predicted octanol–water partition coefficient (Wildman–Crippen LogP) is 2.08. The van der Waals surface area contributed by atoms with E-state index in [-0.39, 0.29) is 23.9 Å². The molecule has 0 fully saturated rings. The molecule has 0 N–H and O–H groups in total. The zero-order valence-corrected chi connectivity index (χ0v) is 11.2. The maximum Gasteiger partial charge on any atom is 0.270 e. The van der Waals surface area contributed by atoms with Gasteiger partial charge in [-0.15, -0.1) is 0 Å². The van der Waals surface area contributed by atoms with Crippen molar-refractivity contribution in [3.8, 4) is 11.4 Å². The lowest BCUT2D eigenvalue weighted by Crippen LogP contribution is -2.15. The van der Waals surface area contributed by atoms with E-state index in [1.54, 1.807) is 12.1 Å². The summed E-state index contributed by atoms with van der Waals surface area (Å²) < 4.78 is 1.44. The summed E-state index contributed by atoms with van der Waals surface area (Å²) in [6.07, 6.45) is 1.45. The van der Waals surface area contributed by atoms with Crippen LogP contribution in [0, 0.1) is 16.0 Å². The van der Waals surface area contributed by atoms with Gasteiger partial charge in [-0.3, -0.25) is 14.9 Å². The molecular formula is C13H14N4O3. The van der Waals surface area contributed by atoms with E-state index in [0.29, 0.717) is 11.4 Å². The molecule has 1 aromatic heterocycles. The Balaban J connectivity index is 2.22. The Hall–Kier alpha value is -2.57. The minimum absolute atomic E-state index is 0.0166. The van der Waals surface area contributed by atoms with Gasteiger partial charge in [0.2, 0.25) is 0 Å². The molecule has 2 aromatic rings. The third-order valence-electron chi connectivity index (χ3n) is 2.81. The number of hydrogen-bond donors (Lipinski definition) is 0. The molecule has 0 saturated carbocycles. The monoisotopic (exact) mass is 274 g/mol. The van der Waals surface area contributed by atoms with Gasteiger partial charge in [0.05, 0.1) is 4.92 Å². The number of nitrogens with zero attached hydrogens (tertiary/aromatic N) is 4. The number of aromatic nitrogens is 3. The molecule has 0 amide bonds. The molecule has 1 aromatic carbocycles. The molecule has 0 radical (unpaired) electrons. The molecule has 0 aliphatic carbocycles. The first-order chi connectivity index (χ1) is 9.47. The minimum atomic E-state index is -0.469. The van der Waals surface area contributed by atoms with E-state index in [1.165, 1.54) is 23.1 Å². The summed E-state index contributed by atoms with van der Waals surface area (Å²) in [7, 11) is 0. The highest BCUT2D eigenvalue weighted by Gasteiger charge is 2.12. The smallest absolute Gasteiger partial charge is 0.270 e. The Kier molecular flexibility index (Phi) is 3.88. The summed E-state index contributed by atoms with van der Waals surface area (Å²) >= 11 is 0. The number of rotatable bonds is 5. The van der Waals surface area contributed by atoms with E-state index in [1.807, 2.05) is 13.8 Å². The summed E-state index contributed by atoms with van der Waals surface area (Å²) in [5.41, 5.74) is 0.534. The van der Waals surface area contributed by atoms with Crippen molar-refractivity contribution in [2.24, 2.45) is 5.92 Å². The second-order valence-electron chi connectivity index (χ2n) is 4.69. The van der Waals surface area contributed by atoms with E-state index < -0.39 is 4.92 Å². The average Bonchev–Trinajstić information content (AvgIpc) is 2.87. The van der Waals surface area contributed by atoms with Crippen LogP contribution in [-0.4, -0.2) is 25.5 Å². The largest absolute Gasteiger partial charge is 0.297 e. The van der Waals surface area contributed by atoms with Crippen LogP contribution < -0.4 is 0 Å². The van der Waals surface area contributed by atoms with Crippen LogP contribution in [0.5, 0.6) is 0 Å². The van der Waals surface area contributed by atoms with Crippen LogP contribution in [0.15, 0.2) is 30.6 Å². The van der Waals surface area contributed by atoms with Crippen LogP contribution in [0.2, 0.25) is 0 Å². The Morgan fingerprint density at radius 1 is 1.45 bits per heavy atom. The Morgan fingerprint density at radius 3 is 2.85 bits per heavy atom. The van der Waals surface area contributed by atoms with E-state index in [2.05, 4.69) is 10.1 Å². The fraction of sp³-hybridized carbons (Fsp3) is 0.308. The van der Waals surface area contributed by atoms with Crippen molar-refractivity contribution in [3.63, 3.8) is 0 Å². The van der Waals surface area contributed by atoms with Gasteiger partial charge in [-0.1, -0.05) is 26.0 Å². The Labute approximate surface area is 115 Å². The first kappa shape index (κ1) is 13.9. The number of Topliss-reactive ketones (excluding diaryl/α,β-unsaturated/α-hetero) is 1. The van der Waals surface area contributed by atoms with E-state index >= 15 is 0 Å². The summed E-state index contributed by atoms with van der Waals surface area (Å²) in [6, 6.07) is 6.08. The normalized spacial score (nSPS) is 10.8. The van der Waals surface area contributed by atoms with Gasteiger partial charge in [0.25, 0.3) is 5.69 Å². The average molecular weight is 274 g/mol. The van der Waals surface area contributed by atoms with Crippen molar-refractivity contribution in [2.45, 2.75) is 20.4 Å². The lowest BCUT2D eigenvalue weighted by Gasteiger charge is -2.02. The molecule has 7 nitrogen and oxygen atoms in total. The number of nitro benzene ring substituents is 1. The van der Waals surface area contributed by atoms with Crippen molar-refractivity contribution < 1.29 is 9.72 Å². The maximum atomic E-state index is 11.6. The van der Waals surface area contributed by atoms with Crippen molar-refractivity contribution in [1.29, 1.82) is 0 Å². The lowest BCUT2D eigenvalue weighted by molar-refractivity contribution is -0.384. The molecule has 0 saturated heterocycles. The highest BCUT2D eigenvalue weighted by molar-refractivity contribution is 5.80. The topological polar surface area (TPSA) is 90.9 Å². The second-order valence-corrected chi connectivity index (χ2v) is 4.69. The standard InChI is InChI=1S/C13H14N4O3/c1-9(2)12(18)7-16-8-14-13(15-16)10-4-3-5-11(6-10)17(19)20/h3-6,8-9H,7H2,1-2H3. The van der Waals surface area contributed by atoms with E-state index in [9.17, 15) is 14.9 Å². The van der Waals surface area contributed by atoms with Gasteiger partial charge in [-0.05, 0) is 0 Å². The first-order valence-corrected chi connectivity index (χ1v) is 6.14. The summed E-state index contributed by atoms with van der Waals surface area (Å²) in [6.45, 7) is 3.79. The Morgan fingerprint density at radius 2 is 2.20 bits per heavy atom. The van der Waals surface area contributed by atoms with Gasteiger partial charge in [-0.2, -0.15) is 5.10 Å². The van der Waals surface area contributed by atoms with Gasteiger partial charge < -0.3 is 0 Å². The van der Waals surface area contributed by atoms with Gasteiger partial charge in [0.15, 0.2) is 11.6 Å². The maximum absolute atomic E-state index is 11.6. The number of non-ortho nitro benzene ring substituents is 1. The number of carbonyl (C=O) groups excluding carboxylic acids is 1. The number of hydrogen-bond acceptors (Lipinski definition) is 5. The van der Waals surface area contributed by atoms with Crippen LogP contribution in [0.25, 0.3) is 11.4 Å². The van der Waals surface area contributed by atoms with Crippen LogP contribution >= 0.6 is 0 Å². The fourth-order valence-electron chi connectivity index (χ4n) is 1.60. The third kappa shape index (κ3) is 3.05. The Bertz CT molecular complexity index is 649. The van der Waals surface area contributed by atoms with Crippen molar-refractivity contribution in [1.82, 2.24) is 14.8 Å². The van der Waals surface area contributed by atoms with Crippen molar-refractivity contribution in [3.05, 3.63) is 40.7 Å². The molecule has 1 heterocycles. The SMILES string of the molecule is CC(C)C(=O)Cn1cnc(-c2cccc([N+](=O)[O-])c2)n1. The molecule has 7 heteroatoms. The van der Waals surface area contributed by atoms with Crippen molar-refractivity contribution in [2.75, 3.05) is 0 Å².